The second-order valence-corrected chi connectivity index (χ2v) is 4.35. The minimum Gasteiger partial charge on any atom is -0.383 e. The third kappa shape index (κ3) is 4.07. The van der Waals surface area contributed by atoms with Gasteiger partial charge in [0.1, 0.15) is 5.82 Å². The summed E-state index contributed by atoms with van der Waals surface area (Å²) in [5.74, 6) is -0.233. The van der Waals surface area contributed by atoms with Crippen LogP contribution in [0.15, 0.2) is 18.2 Å². The summed E-state index contributed by atoms with van der Waals surface area (Å²) in [5.41, 5.74) is 7.12. The van der Waals surface area contributed by atoms with Crippen LogP contribution in [-0.2, 0) is 17.8 Å². The van der Waals surface area contributed by atoms with Gasteiger partial charge < -0.3 is 10.5 Å². The quantitative estimate of drug-likeness (QED) is 0.823. The fourth-order valence-electron chi connectivity index (χ4n) is 1.70. The van der Waals surface area contributed by atoms with Gasteiger partial charge in [-0.15, -0.1) is 0 Å². The van der Waals surface area contributed by atoms with Gasteiger partial charge in [-0.3, -0.25) is 4.90 Å². The largest absolute Gasteiger partial charge is 0.383 e. The Bertz CT molecular complexity index is 357. The first-order valence-corrected chi connectivity index (χ1v) is 5.75. The molecule has 0 saturated carbocycles. The average Bonchev–Trinajstić information content (AvgIpc) is 2.31. The molecule has 0 radical (unpaired) electrons. The summed E-state index contributed by atoms with van der Waals surface area (Å²) in [6.07, 6.45) is 0. The normalized spacial score (nSPS) is 13.1. The minimum absolute atomic E-state index is 0.233. The van der Waals surface area contributed by atoms with Crippen molar-refractivity contribution in [3.63, 3.8) is 0 Å². The predicted octanol–water partition coefficient (Wildman–Crippen LogP) is 1.75. The van der Waals surface area contributed by atoms with Crippen molar-refractivity contribution in [2.45, 2.75) is 26.1 Å². The van der Waals surface area contributed by atoms with Crippen molar-refractivity contribution in [2.24, 2.45) is 5.73 Å². The van der Waals surface area contributed by atoms with Crippen LogP contribution in [0.2, 0.25) is 0 Å². The predicted molar refractivity (Wildman–Crippen MR) is 67.1 cm³/mol. The van der Waals surface area contributed by atoms with E-state index in [1.807, 2.05) is 13.1 Å². The third-order valence-corrected chi connectivity index (χ3v) is 2.92. The van der Waals surface area contributed by atoms with Gasteiger partial charge in [0.2, 0.25) is 0 Å². The van der Waals surface area contributed by atoms with Crippen LogP contribution in [0, 0.1) is 5.82 Å². The Morgan fingerprint density at radius 3 is 2.76 bits per heavy atom. The molecule has 1 rings (SSSR count). The summed E-state index contributed by atoms with van der Waals surface area (Å²) in [4.78, 5) is 2.16. The molecule has 1 aromatic carbocycles. The molecular formula is C13H21FN2O. The molecule has 17 heavy (non-hydrogen) atoms. The molecule has 0 bridgehead atoms. The van der Waals surface area contributed by atoms with E-state index < -0.39 is 0 Å². The molecule has 2 N–H and O–H groups in total. The Morgan fingerprint density at radius 1 is 1.47 bits per heavy atom. The number of halogens is 1. The van der Waals surface area contributed by atoms with Gasteiger partial charge in [0.05, 0.1) is 6.61 Å². The van der Waals surface area contributed by atoms with E-state index in [1.54, 1.807) is 13.2 Å². The van der Waals surface area contributed by atoms with E-state index in [9.17, 15) is 4.39 Å². The summed E-state index contributed by atoms with van der Waals surface area (Å²) < 4.78 is 18.4. The van der Waals surface area contributed by atoms with Crippen molar-refractivity contribution >= 4 is 0 Å². The number of nitrogens with zero attached hydrogens (tertiary/aromatic N) is 1. The van der Waals surface area contributed by atoms with Crippen LogP contribution in [-0.4, -0.2) is 31.7 Å². The Labute approximate surface area is 102 Å². The molecule has 0 aliphatic rings. The number of hydrogen-bond donors (Lipinski definition) is 1. The fraction of sp³-hybridized carbons (Fsp3) is 0.538. The highest BCUT2D eigenvalue weighted by Gasteiger charge is 2.10. The molecule has 0 aliphatic heterocycles. The zero-order valence-electron chi connectivity index (χ0n) is 10.7. The molecule has 0 saturated heterocycles. The molecule has 0 aromatic heterocycles. The van der Waals surface area contributed by atoms with Gasteiger partial charge in [-0.1, -0.05) is 12.1 Å². The van der Waals surface area contributed by atoms with Gasteiger partial charge >= 0.3 is 0 Å². The molecule has 1 atom stereocenters. The van der Waals surface area contributed by atoms with Crippen LogP contribution in [0.3, 0.4) is 0 Å². The van der Waals surface area contributed by atoms with Crippen LogP contribution in [0.25, 0.3) is 0 Å². The fourth-order valence-corrected chi connectivity index (χ4v) is 1.70. The lowest BCUT2D eigenvalue weighted by Gasteiger charge is -2.24. The van der Waals surface area contributed by atoms with E-state index in [2.05, 4.69) is 11.8 Å². The highest BCUT2D eigenvalue weighted by molar-refractivity contribution is 5.25. The van der Waals surface area contributed by atoms with Crippen molar-refractivity contribution in [1.29, 1.82) is 0 Å². The number of rotatable bonds is 6. The molecule has 4 heteroatoms. The van der Waals surface area contributed by atoms with Gasteiger partial charge in [0, 0.05) is 31.8 Å². The second kappa shape index (κ2) is 6.69. The van der Waals surface area contributed by atoms with Crippen molar-refractivity contribution in [1.82, 2.24) is 4.90 Å². The number of methoxy groups -OCH3 is 1. The van der Waals surface area contributed by atoms with E-state index in [1.165, 1.54) is 6.07 Å². The van der Waals surface area contributed by atoms with E-state index >= 15 is 0 Å². The molecule has 3 nitrogen and oxygen atoms in total. The van der Waals surface area contributed by atoms with Crippen LogP contribution in [0.4, 0.5) is 4.39 Å². The first-order chi connectivity index (χ1) is 8.08. The van der Waals surface area contributed by atoms with Gasteiger partial charge in [-0.2, -0.15) is 0 Å². The lowest BCUT2D eigenvalue weighted by molar-refractivity contribution is 0.112. The Hall–Kier alpha value is -0.970. The van der Waals surface area contributed by atoms with Crippen molar-refractivity contribution < 1.29 is 9.13 Å². The van der Waals surface area contributed by atoms with Gasteiger partial charge in [0.25, 0.3) is 0 Å². The highest BCUT2D eigenvalue weighted by atomic mass is 19.1. The van der Waals surface area contributed by atoms with Crippen LogP contribution < -0.4 is 5.73 Å². The maximum Gasteiger partial charge on any atom is 0.127 e. The molecular weight excluding hydrogens is 219 g/mol. The third-order valence-electron chi connectivity index (χ3n) is 2.92. The summed E-state index contributed by atoms with van der Waals surface area (Å²) in [6, 6.07) is 5.42. The van der Waals surface area contributed by atoms with E-state index in [0.29, 0.717) is 18.2 Å². The molecule has 0 aliphatic carbocycles. The van der Waals surface area contributed by atoms with E-state index in [-0.39, 0.29) is 12.4 Å². The van der Waals surface area contributed by atoms with Crippen LogP contribution in [0.5, 0.6) is 0 Å². The molecule has 96 valence electrons. The first kappa shape index (κ1) is 14.1. The Balaban J connectivity index is 2.68. The molecule has 0 fully saturated rings. The summed E-state index contributed by atoms with van der Waals surface area (Å²) >= 11 is 0. The van der Waals surface area contributed by atoms with Crippen molar-refractivity contribution in [3.05, 3.63) is 35.1 Å². The highest BCUT2D eigenvalue weighted by Crippen LogP contribution is 2.12. The maximum atomic E-state index is 13.3. The van der Waals surface area contributed by atoms with Crippen molar-refractivity contribution in [3.8, 4) is 0 Å². The number of ether oxygens (including phenoxy) is 1. The molecule has 1 aromatic rings. The standard InChI is InChI=1S/C13H21FN2O/c1-10(9-17-3)16(2)8-11-4-5-13(14)12(6-11)7-15/h4-6,10H,7-9,15H2,1-3H3. The zero-order valence-corrected chi connectivity index (χ0v) is 10.7. The molecule has 0 spiro atoms. The van der Waals surface area contributed by atoms with Gasteiger partial charge in [0.15, 0.2) is 0 Å². The number of nitrogens with two attached hydrogens (primary N) is 1. The number of benzene rings is 1. The number of hydrogen-bond acceptors (Lipinski definition) is 3. The minimum atomic E-state index is -0.233. The Kier molecular flexibility index (Phi) is 5.55. The van der Waals surface area contributed by atoms with Crippen LogP contribution >= 0.6 is 0 Å². The monoisotopic (exact) mass is 240 g/mol. The number of likely N-dealkylation sites (N-methyl/N-ethyl adjacent to an activating group) is 1. The molecule has 1 unspecified atom stereocenters. The van der Waals surface area contributed by atoms with E-state index in [0.717, 1.165) is 12.1 Å². The zero-order chi connectivity index (χ0) is 12.8. The van der Waals surface area contributed by atoms with Crippen LogP contribution in [0.1, 0.15) is 18.1 Å². The lowest BCUT2D eigenvalue weighted by atomic mass is 10.1. The first-order valence-electron chi connectivity index (χ1n) is 5.75. The SMILES string of the molecule is COCC(C)N(C)Cc1ccc(F)c(CN)c1. The van der Waals surface area contributed by atoms with Crippen molar-refractivity contribution in [2.75, 3.05) is 20.8 Å². The summed E-state index contributed by atoms with van der Waals surface area (Å²) in [5, 5.41) is 0. The van der Waals surface area contributed by atoms with Gasteiger partial charge in [-0.05, 0) is 25.6 Å². The average molecular weight is 240 g/mol. The lowest BCUT2D eigenvalue weighted by Crippen LogP contribution is -2.32. The molecule has 0 heterocycles. The van der Waals surface area contributed by atoms with Gasteiger partial charge in [-0.25, -0.2) is 4.39 Å². The Morgan fingerprint density at radius 2 is 2.18 bits per heavy atom. The smallest absolute Gasteiger partial charge is 0.127 e. The second-order valence-electron chi connectivity index (χ2n) is 4.35. The summed E-state index contributed by atoms with van der Waals surface area (Å²) in [7, 11) is 3.71. The van der Waals surface area contributed by atoms with E-state index in [4.69, 9.17) is 10.5 Å². The summed E-state index contributed by atoms with van der Waals surface area (Å²) in [6.45, 7) is 3.77. The topological polar surface area (TPSA) is 38.5 Å². The molecule has 0 amide bonds. The maximum absolute atomic E-state index is 13.3.